The number of benzene rings is 1. The maximum atomic E-state index is 12.3. The van der Waals surface area contributed by atoms with Gasteiger partial charge < -0.3 is 4.84 Å². The van der Waals surface area contributed by atoms with Crippen LogP contribution < -0.4 is 0 Å². The number of amides is 2. The summed E-state index contributed by atoms with van der Waals surface area (Å²) in [6.45, 7) is 3.91. The van der Waals surface area contributed by atoms with Crippen molar-refractivity contribution in [2.45, 2.75) is 33.1 Å². The molecule has 0 bridgehead atoms. The average molecular weight is 287 g/mol. The Morgan fingerprint density at radius 2 is 1.81 bits per heavy atom. The first kappa shape index (κ1) is 13.8. The van der Waals surface area contributed by atoms with Gasteiger partial charge in [-0.05, 0) is 44.2 Å². The van der Waals surface area contributed by atoms with E-state index in [4.69, 9.17) is 4.84 Å². The van der Waals surface area contributed by atoms with Gasteiger partial charge in [0.1, 0.15) is 0 Å². The Morgan fingerprint density at radius 1 is 1.24 bits per heavy atom. The molecule has 1 aromatic carbocycles. The minimum absolute atomic E-state index is 0.278. The summed E-state index contributed by atoms with van der Waals surface area (Å²) in [5, 5.41) is 0.598. The van der Waals surface area contributed by atoms with Crippen LogP contribution in [-0.4, -0.2) is 22.8 Å². The summed E-state index contributed by atoms with van der Waals surface area (Å²) in [4.78, 5) is 41.8. The van der Waals surface area contributed by atoms with Crippen LogP contribution in [0.3, 0.4) is 0 Å². The third-order valence-electron chi connectivity index (χ3n) is 4.41. The molecule has 21 heavy (non-hydrogen) atoms. The maximum Gasteiger partial charge on any atom is 0.339 e. The Balaban J connectivity index is 1.80. The second-order valence-electron chi connectivity index (χ2n) is 6.24. The van der Waals surface area contributed by atoms with Gasteiger partial charge in [-0.25, -0.2) is 4.79 Å². The molecule has 5 nitrogen and oxygen atoms in total. The second kappa shape index (κ2) is 4.69. The summed E-state index contributed by atoms with van der Waals surface area (Å²) in [6.07, 6.45) is 2.39. The molecule has 3 rings (SSSR count). The fourth-order valence-electron chi connectivity index (χ4n) is 3.17. The van der Waals surface area contributed by atoms with Gasteiger partial charge in [0.05, 0.1) is 16.5 Å². The topological polar surface area (TPSA) is 63.7 Å². The van der Waals surface area contributed by atoms with Crippen molar-refractivity contribution >= 4 is 17.8 Å². The van der Waals surface area contributed by atoms with E-state index in [1.54, 1.807) is 24.3 Å². The van der Waals surface area contributed by atoms with Crippen LogP contribution in [0.5, 0.6) is 0 Å². The first-order valence-corrected chi connectivity index (χ1v) is 7.12. The van der Waals surface area contributed by atoms with Gasteiger partial charge >= 0.3 is 5.97 Å². The predicted octanol–water partition coefficient (Wildman–Crippen LogP) is 2.57. The van der Waals surface area contributed by atoms with Crippen LogP contribution in [0.2, 0.25) is 0 Å². The van der Waals surface area contributed by atoms with Crippen molar-refractivity contribution in [3.63, 3.8) is 0 Å². The zero-order chi connectivity index (χ0) is 15.2. The zero-order valence-corrected chi connectivity index (χ0v) is 12.1. The van der Waals surface area contributed by atoms with Gasteiger partial charge in [-0.15, -0.1) is 0 Å². The van der Waals surface area contributed by atoms with Gasteiger partial charge in [0.25, 0.3) is 11.8 Å². The lowest BCUT2D eigenvalue weighted by Gasteiger charge is -2.23. The molecule has 1 saturated carbocycles. The summed E-state index contributed by atoms with van der Waals surface area (Å²) >= 11 is 0. The second-order valence-corrected chi connectivity index (χ2v) is 6.24. The van der Waals surface area contributed by atoms with E-state index in [0.717, 1.165) is 19.3 Å². The molecule has 0 aromatic heterocycles. The van der Waals surface area contributed by atoms with Crippen molar-refractivity contribution in [3.8, 4) is 0 Å². The van der Waals surface area contributed by atoms with Crippen molar-refractivity contribution in [3.05, 3.63) is 35.4 Å². The lowest BCUT2D eigenvalue weighted by molar-refractivity contribution is -0.180. The largest absolute Gasteiger partial charge is 0.339 e. The van der Waals surface area contributed by atoms with E-state index < -0.39 is 23.2 Å². The Kier molecular flexibility index (Phi) is 3.08. The van der Waals surface area contributed by atoms with E-state index in [-0.39, 0.29) is 11.1 Å². The normalized spacial score (nSPS) is 27.9. The van der Waals surface area contributed by atoms with Gasteiger partial charge in [-0.1, -0.05) is 24.1 Å². The number of fused-ring (bicyclic) bond motifs is 1. The van der Waals surface area contributed by atoms with Crippen LogP contribution in [0.25, 0.3) is 0 Å². The minimum atomic E-state index is -0.616. The Morgan fingerprint density at radius 3 is 2.29 bits per heavy atom. The number of hydrogen-bond donors (Lipinski definition) is 0. The molecular formula is C16H17NO4. The van der Waals surface area contributed by atoms with Gasteiger partial charge in [0.15, 0.2) is 0 Å². The van der Waals surface area contributed by atoms with E-state index in [1.165, 1.54) is 0 Å². The number of carbonyl (C=O) groups excluding carboxylic acids is 3. The first-order chi connectivity index (χ1) is 9.92. The number of hydrogen-bond acceptors (Lipinski definition) is 4. The van der Waals surface area contributed by atoms with Crippen molar-refractivity contribution < 1.29 is 19.2 Å². The average Bonchev–Trinajstić information content (AvgIpc) is 2.93. The third-order valence-corrected chi connectivity index (χ3v) is 4.41. The Hall–Kier alpha value is -2.17. The Labute approximate surface area is 122 Å². The van der Waals surface area contributed by atoms with E-state index in [1.807, 2.05) is 6.92 Å². The minimum Gasteiger partial charge on any atom is -0.329 e. The molecule has 0 radical (unpaired) electrons. The van der Waals surface area contributed by atoms with Crippen LogP contribution in [0.1, 0.15) is 53.8 Å². The number of carbonyl (C=O) groups is 3. The molecule has 1 aromatic rings. The molecule has 2 unspecified atom stereocenters. The van der Waals surface area contributed by atoms with Crippen LogP contribution >= 0.6 is 0 Å². The number of hydroxylamine groups is 2. The summed E-state index contributed by atoms with van der Waals surface area (Å²) in [7, 11) is 0. The molecule has 0 spiro atoms. The van der Waals surface area contributed by atoms with E-state index in [2.05, 4.69) is 6.92 Å². The molecule has 5 heteroatoms. The quantitative estimate of drug-likeness (QED) is 0.784. The van der Waals surface area contributed by atoms with Crippen LogP contribution in [0.4, 0.5) is 0 Å². The SMILES string of the molecule is CC1CCC(C)(C(=O)ON2C(=O)c3ccccc3C2=O)C1. The summed E-state index contributed by atoms with van der Waals surface area (Å²) < 4.78 is 0. The molecule has 1 fully saturated rings. The summed E-state index contributed by atoms with van der Waals surface area (Å²) in [6, 6.07) is 6.47. The highest BCUT2D eigenvalue weighted by molar-refractivity contribution is 6.20. The van der Waals surface area contributed by atoms with Crippen LogP contribution in [0.15, 0.2) is 24.3 Å². The lowest BCUT2D eigenvalue weighted by Crippen LogP contribution is -2.38. The smallest absolute Gasteiger partial charge is 0.329 e. The van der Waals surface area contributed by atoms with Gasteiger partial charge in [0, 0.05) is 0 Å². The van der Waals surface area contributed by atoms with Crippen molar-refractivity contribution in [1.82, 2.24) is 5.06 Å². The molecule has 0 N–H and O–H groups in total. The predicted molar refractivity (Wildman–Crippen MR) is 74.2 cm³/mol. The maximum absolute atomic E-state index is 12.3. The van der Waals surface area contributed by atoms with Gasteiger partial charge in [0.2, 0.25) is 0 Å². The standard InChI is InChI=1S/C16H17NO4/c1-10-7-8-16(2,9-10)15(20)21-17-13(18)11-5-3-4-6-12(11)14(17)19/h3-6,10H,7-9H2,1-2H3. The molecule has 1 heterocycles. The highest BCUT2D eigenvalue weighted by Gasteiger charge is 2.45. The van der Waals surface area contributed by atoms with E-state index >= 15 is 0 Å². The third kappa shape index (κ3) is 2.13. The molecule has 110 valence electrons. The molecular weight excluding hydrogens is 270 g/mol. The van der Waals surface area contributed by atoms with Crippen molar-refractivity contribution in [2.24, 2.45) is 11.3 Å². The number of nitrogens with zero attached hydrogens (tertiary/aromatic N) is 1. The lowest BCUT2D eigenvalue weighted by atomic mass is 9.88. The van der Waals surface area contributed by atoms with E-state index in [9.17, 15) is 14.4 Å². The summed E-state index contributed by atoms with van der Waals surface area (Å²) in [5.74, 6) is -1.19. The summed E-state index contributed by atoms with van der Waals surface area (Å²) in [5.41, 5.74) is -0.0603. The molecule has 1 aliphatic heterocycles. The van der Waals surface area contributed by atoms with Crippen molar-refractivity contribution in [1.29, 1.82) is 0 Å². The Bertz CT molecular complexity index is 604. The number of imide groups is 1. The van der Waals surface area contributed by atoms with Crippen LogP contribution in [0, 0.1) is 11.3 Å². The molecule has 2 amide bonds. The first-order valence-electron chi connectivity index (χ1n) is 7.12. The van der Waals surface area contributed by atoms with E-state index in [0.29, 0.717) is 11.0 Å². The molecule has 1 aliphatic carbocycles. The highest BCUT2D eigenvalue weighted by Crippen LogP contribution is 2.42. The molecule has 2 aliphatic rings. The molecule has 0 saturated heterocycles. The fraction of sp³-hybridized carbons (Fsp3) is 0.438. The monoisotopic (exact) mass is 287 g/mol. The van der Waals surface area contributed by atoms with Crippen LogP contribution in [-0.2, 0) is 9.63 Å². The highest BCUT2D eigenvalue weighted by atomic mass is 16.7. The molecule has 2 atom stereocenters. The zero-order valence-electron chi connectivity index (χ0n) is 12.1. The van der Waals surface area contributed by atoms with Crippen molar-refractivity contribution in [2.75, 3.05) is 0 Å². The fourth-order valence-corrected chi connectivity index (χ4v) is 3.17. The van der Waals surface area contributed by atoms with Gasteiger partial charge in [-0.3, -0.25) is 9.59 Å². The van der Waals surface area contributed by atoms with Gasteiger partial charge in [-0.2, -0.15) is 0 Å². The number of rotatable bonds is 2.